The zero-order valence-electron chi connectivity index (χ0n) is 13.5. The van der Waals surface area contributed by atoms with Crippen molar-refractivity contribution in [1.82, 2.24) is 25.1 Å². The first kappa shape index (κ1) is 15.2. The van der Waals surface area contributed by atoms with Gasteiger partial charge in [0.25, 0.3) is 5.91 Å². The third-order valence-electron chi connectivity index (χ3n) is 5.31. The fraction of sp³-hybridized carbons (Fsp3) is 0.625. The van der Waals surface area contributed by atoms with E-state index in [1.807, 2.05) is 10.8 Å². The lowest BCUT2D eigenvalue weighted by atomic mass is 9.98. The molecule has 8 nitrogen and oxygen atoms in total. The molecule has 2 N–H and O–H groups in total. The second-order valence-corrected chi connectivity index (χ2v) is 6.91. The van der Waals surface area contributed by atoms with E-state index in [1.165, 1.54) is 0 Å². The van der Waals surface area contributed by atoms with Crippen LogP contribution in [0, 0.1) is 0 Å². The molecule has 0 radical (unpaired) electrons. The average molecular weight is 331 g/mol. The normalized spacial score (nSPS) is 25.0. The Labute approximate surface area is 139 Å². The molecule has 0 aromatic carbocycles. The maximum absolute atomic E-state index is 12.5. The van der Waals surface area contributed by atoms with Crippen molar-refractivity contribution < 1.29 is 14.4 Å². The van der Waals surface area contributed by atoms with Crippen molar-refractivity contribution in [3.63, 3.8) is 0 Å². The van der Waals surface area contributed by atoms with E-state index >= 15 is 0 Å². The minimum absolute atomic E-state index is 0.000377. The summed E-state index contributed by atoms with van der Waals surface area (Å²) in [4.78, 5) is 42.3. The van der Waals surface area contributed by atoms with E-state index in [9.17, 15) is 14.4 Å². The number of rotatable bonds is 3. The molecule has 1 spiro atoms. The number of aryl methyl sites for hydroxylation is 1. The number of aromatic nitrogens is 2. The van der Waals surface area contributed by atoms with E-state index < -0.39 is 11.6 Å². The maximum Gasteiger partial charge on any atom is 0.325 e. The van der Waals surface area contributed by atoms with Crippen LogP contribution in [0.2, 0.25) is 0 Å². The molecule has 4 amide bonds. The Kier molecular flexibility index (Phi) is 3.54. The fourth-order valence-electron chi connectivity index (χ4n) is 4.04. The average Bonchev–Trinajstić information content (AvgIpc) is 3.25. The minimum atomic E-state index is -0.756. The van der Waals surface area contributed by atoms with Gasteiger partial charge >= 0.3 is 6.03 Å². The van der Waals surface area contributed by atoms with Gasteiger partial charge in [0.05, 0.1) is 0 Å². The first-order valence-electron chi connectivity index (χ1n) is 8.51. The van der Waals surface area contributed by atoms with E-state index in [2.05, 4.69) is 15.6 Å². The minimum Gasteiger partial charge on any atom is -0.350 e. The molecule has 1 aromatic rings. The third-order valence-corrected chi connectivity index (χ3v) is 5.31. The molecule has 1 atom stereocenters. The number of imide groups is 1. The molecule has 24 heavy (non-hydrogen) atoms. The summed E-state index contributed by atoms with van der Waals surface area (Å²) in [6.07, 6.45) is 8.48. The summed E-state index contributed by atoms with van der Waals surface area (Å²) in [5.74, 6) is 0.487. The predicted molar refractivity (Wildman–Crippen MR) is 83.9 cm³/mol. The number of nitrogens with one attached hydrogen (secondary N) is 2. The highest BCUT2D eigenvalue weighted by Crippen LogP contribution is 2.34. The molecule has 128 valence electrons. The van der Waals surface area contributed by atoms with E-state index in [4.69, 9.17) is 0 Å². The molecule has 4 rings (SSSR count). The van der Waals surface area contributed by atoms with Crippen molar-refractivity contribution in [3.05, 3.63) is 18.2 Å². The Hall–Kier alpha value is -2.38. The highest BCUT2D eigenvalue weighted by molar-refractivity contribution is 6.09. The molecule has 0 bridgehead atoms. The molecule has 1 aromatic heterocycles. The van der Waals surface area contributed by atoms with Crippen LogP contribution in [0.25, 0.3) is 0 Å². The van der Waals surface area contributed by atoms with Crippen LogP contribution < -0.4 is 10.6 Å². The van der Waals surface area contributed by atoms with E-state index in [1.54, 1.807) is 6.20 Å². The van der Waals surface area contributed by atoms with Crippen LogP contribution >= 0.6 is 0 Å². The van der Waals surface area contributed by atoms with Gasteiger partial charge in [-0.2, -0.15) is 0 Å². The van der Waals surface area contributed by atoms with Crippen LogP contribution in [0.4, 0.5) is 4.79 Å². The Balaban J connectivity index is 1.36. The highest BCUT2D eigenvalue weighted by Gasteiger charge is 2.52. The van der Waals surface area contributed by atoms with Gasteiger partial charge in [-0.1, -0.05) is 12.8 Å². The van der Waals surface area contributed by atoms with Gasteiger partial charge in [-0.15, -0.1) is 0 Å². The van der Waals surface area contributed by atoms with Crippen molar-refractivity contribution >= 4 is 17.8 Å². The second kappa shape index (κ2) is 5.61. The van der Waals surface area contributed by atoms with Crippen LogP contribution in [0.3, 0.4) is 0 Å². The lowest BCUT2D eigenvalue weighted by Gasteiger charge is -2.25. The van der Waals surface area contributed by atoms with E-state index in [0.29, 0.717) is 19.4 Å². The first-order chi connectivity index (χ1) is 11.6. The summed E-state index contributed by atoms with van der Waals surface area (Å²) in [5, 5.41) is 5.73. The van der Waals surface area contributed by atoms with Crippen LogP contribution in [0.1, 0.15) is 37.9 Å². The standard InChI is InChI=1S/C16H21N5O3/c22-13(18-11-3-4-12-17-7-8-20(12)9-11)10-21-14(23)16(19-15(21)24)5-1-2-6-16/h7-8,11H,1-6,9-10H2,(H,18,22)(H,19,24)/t11-/m1/s1. The zero-order valence-corrected chi connectivity index (χ0v) is 13.5. The SMILES string of the molecule is O=C(CN1C(=O)NC2(CCCC2)C1=O)N[C@@H]1CCc2nccn2C1. The fourth-order valence-corrected chi connectivity index (χ4v) is 4.04. The van der Waals surface area contributed by atoms with Crippen LogP contribution in [0.15, 0.2) is 12.4 Å². The Morgan fingerprint density at radius 3 is 2.96 bits per heavy atom. The number of carbonyl (C=O) groups is 3. The molecule has 1 aliphatic carbocycles. The lowest BCUT2D eigenvalue weighted by molar-refractivity contribution is -0.135. The monoisotopic (exact) mass is 331 g/mol. The summed E-state index contributed by atoms with van der Waals surface area (Å²) < 4.78 is 2.02. The number of amides is 4. The van der Waals surface area contributed by atoms with Crippen molar-refractivity contribution in [2.75, 3.05) is 6.54 Å². The molecule has 3 heterocycles. The number of imidazole rings is 1. The summed E-state index contributed by atoms with van der Waals surface area (Å²) in [5.41, 5.74) is -0.756. The number of hydrogen-bond acceptors (Lipinski definition) is 4. The number of urea groups is 1. The Morgan fingerprint density at radius 2 is 2.17 bits per heavy atom. The van der Waals surface area contributed by atoms with Crippen molar-refractivity contribution in [1.29, 1.82) is 0 Å². The molecular weight excluding hydrogens is 310 g/mol. The van der Waals surface area contributed by atoms with Crippen LogP contribution in [0.5, 0.6) is 0 Å². The first-order valence-corrected chi connectivity index (χ1v) is 8.51. The van der Waals surface area contributed by atoms with E-state index in [0.717, 1.165) is 36.4 Å². The number of fused-ring (bicyclic) bond motifs is 1. The Bertz CT molecular complexity index is 692. The van der Waals surface area contributed by atoms with Crippen molar-refractivity contribution in [2.24, 2.45) is 0 Å². The topological polar surface area (TPSA) is 96.3 Å². The lowest BCUT2D eigenvalue weighted by Crippen LogP contribution is -2.48. The second-order valence-electron chi connectivity index (χ2n) is 6.91. The molecular formula is C16H21N5O3. The number of hydrogen-bond donors (Lipinski definition) is 2. The zero-order chi connectivity index (χ0) is 16.7. The van der Waals surface area contributed by atoms with Crippen LogP contribution in [-0.4, -0.2) is 50.4 Å². The van der Waals surface area contributed by atoms with Gasteiger partial charge in [0.2, 0.25) is 5.91 Å². The largest absolute Gasteiger partial charge is 0.350 e. The maximum atomic E-state index is 12.5. The van der Waals surface area contributed by atoms with Crippen molar-refractivity contribution in [3.8, 4) is 0 Å². The van der Waals surface area contributed by atoms with Gasteiger partial charge in [0.15, 0.2) is 0 Å². The summed E-state index contributed by atoms with van der Waals surface area (Å²) in [6.45, 7) is 0.463. The molecule has 0 unspecified atom stereocenters. The predicted octanol–water partition coefficient (Wildman–Crippen LogP) is 0.179. The summed E-state index contributed by atoms with van der Waals surface area (Å²) >= 11 is 0. The van der Waals surface area contributed by atoms with Gasteiger partial charge in [-0.3, -0.25) is 14.5 Å². The molecule has 8 heteroatoms. The van der Waals surface area contributed by atoms with Crippen molar-refractivity contribution in [2.45, 2.75) is 56.7 Å². The van der Waals surface area contributed by atoms with Gasteiger partial charge in [0.1, 0.15) is 17.9 Å². The van der Waals surface area contributed by atoms with Gasteiger partial charge in [0, 0.05) is 31.4 Å². The molecule has 3 aliphatic rings. The summed E-state index contributed by atoms with van der Waals surface area (Å²) in [7, 11) is 0. The van der Waals surface area contributed by atoms with Crippen LogP contribution in [-0.2, 0) is 22.6 Å². The number of carbonyl (C=O) groups excluding carboxylic acids is 3. The molecule has 1 saturated heterocycles. The smallest absolute Gasteiger partial charge is 0.325 e. The van der Waals surface area contributed by atoms with E-state index in [-0.39, 0.29) is 24.4 Å². The van der Waals surface area contributed by atoms with Gasteiger partial charge in [-0.25, -0.2) is 9.78 Å². The number of nitrogens with zero attached hydrogens (tertiary/aromatic N) is 3. The molecule has 1 saturated carbocycles. The quantitative estimate of drug-likeness (QED) is 0.772. The highest BCUT2D eigenvalue weighted by atomic mass is 16.2. The van der Waals surface area contributed by atoms with Gasteiger partial charge in [-0.05, 0) is 19.3 Å². The van der Waals surface area contributed by atoms with Gasteiger partial charge < -0.3 is 15.2 Å². The Morgan fingerprint density at radius 1 is 1.38 bits per heavy atom. The molecule has 2 aliphatic heterocycles. The summed E-state index contributed by atoms with van der Waals surface area (Å²) in [6, 6.07) is -0.446. The third kappa shape index (κ3) is 2.46. The molecule has 2 fully saturated rings.